The number of hydrogen-bond donors (Lipinski definition) is 1. The fourth-order valence-electron chi connectivity index (χ4n) is 2.51. The number of ether oxygens (including phenoxy) is 2. The molecule has 1 fully saturated rings. The normalized spacial score (nSPS) is 22.6. The monoisotopic (exact) mass is 246 g/mol. The summed E-state index contributed by atoms with van der Waals surface area (Å²) in [6, 6.07) is 6.01. The molecule has 0 aliphatic carbocycles. The average molecular weight is 246 g/mol. The van der Waals surface area contributed by atoms with E-state index in [0.717, 1.165) is 24.9 Å². The van der Waals surface area contributed by atoms with Crippen LogP contribution in [0.5, 0.6) is 11.5 Å². The second-order valence-corrected chi connectivity index (χ2v) is 4.73. The standard InChI is InChI=1S/C14H18N2O2/c1-14(5-4-6-16-14)11-7-10(9-15)13(18-3)12(8-11)17-2/h7-8,16H,4-6H2,1-3H3. The first-order valence-corrected chi connectivity index (χ1v) is 6.06. The Hall–Kier alpha value is -1.73. The van der Waals surface area contributed by atoms with E-state index in [9.17, 15) is 5.26 Å². The van der Waals surface area contributed by atoms with Gasteiger partial charge in [0.25, 0.3) is 0 Å². The molecule has 0 radical (unpaired) electrons. The van der Waals surface area contributed by atoms with Crippen LogP contribution in [0.15, 0.2) is 12.1 Å². The summed E-state index contributed by atoms with van der Waals surface area (Å²) < 4.78 is 10.6. The zero-order valence-electron chi connectivity index (χ0n) is 11.0. The van der Waals surface area contributed by atoms with Crippen molar-refractivity contribution >= 4 is 0 Å². The molecular weight excluding hydrogens is 228 g/mol. The zero-order chi connectivity index (χ0) is 13.2. The van der Waals surface area contributed by atoms with Gasteiger partial charge in [0.15, 0.2) is 11.5 Å². The van der Waals surface area contributed by atoms with Gasteiger partial charge in [0.2, 0.25) is 0 Å². The van der Waals surface area contributed by atoms with E-state index in [0.29, 0.717) is 17.1 Å². The first-order chi connectivity index (χ1) is 8.64. The third-order valence-electron chi connectivity index (χ3n) is 3.61. The van der Waals surface area contributed by atoms with E-state index in [1.54, 1.807) is 14.2 Å². The molecule has 1 unspecified atom stereocenters. The first kappa shape index (κ1) is 12.7. The molecule has 0 saturated carbocycles. The summed E-state index contributed by atoms with van der Waals surface area (Å²) in [4.78, 5) is 0. The first-order valence-electron chi connectivity index (χ1n) is 6.06. The number of benzene rings is 1. The van der Waals surface area contributed by atoms with Crippen LogP contribution in [-0.2, 0) is 5.54 Å². The molecule has 1 saturated heterocycles. The molecule has 4 nitrogen and oxygen atoms in total. The van der Waals surface area contributed by atoms with Gasteiger partial charge in [-0.3, -0.25) is 0 Å². The number of rotatable bonds is 3. The maximum absolute atomic E-state index is 9.21. The van der Waals surface area contributed by atoms with Crippen molar-refractivity contribution in [1.82, 2.24) is 5.32 Å². The van der Waals surface area contributed by atoms with E-state index in [1.807, 2.05) is 12.1 Å². The van der Waals surface area contributed by atoms with Gasteiger partial charge in [0, 0.05) is 5.54 Å². The molecular formula is C14H18N2O2. The van der Waals surface area contributed by atoms with Crippen molar-refractivity contribution in [3.05, 3.63) is 23.3 Å². The van der Waals surface area contributed by atoms with Crippen molar-refractivity contribution in [2.24, 2.45) is 0 Å². The Morgan fingerprint density at radius 1 is 1.33 bits per heavy atom. The molecule has 1 aliphatic rings. The van der Waals surface area contributed by atoms with Gasteiger partial charge in [-0.15, -0.1) is 0 Å². The Kier molecular flexibility index (Phi) is 3.44. The predicted molar refractivity (Wildman–Crippen MR) is 68.8 cm³/mol. The maximum Gasteiger partial charge on any atom is 0.178 e. The molecule has 0 amide bonds. The highest BCUT2D eigenvalue weighted by Gasteiger charge is 2.31. The Balaban J connectivity index is 2.54. The lowest BCUT2D eigenvalue weighted by Crippen LogP contribution is -2.33. The lowest BCUT2D eigenvalue weighted by atomic mass is 9.89. The van der Waals surface area contributed by atoms with Crippen LogP contribution in [0.1, 0.15) is 30.9 Å². The van der Waals surface area contributed by atoms with Gasteiger partial charge in [0.05, 0.1) is 19.8 Å². The van der Waals surface area contributed by atoms with Crippen molar-refractivity contribution in [3.63, 3.8) is 0 Å². The van der Waals surface area contributed by atoms with E-state index in [4.69, 9.17) is 9.47 Å². The number of hydrogen-bond acceptors (Lipinski definition) is 4. The molecule has 0 spiro atoms. The van der Waals surface area contributed by atoms with E-state index in [1.165, 1.54) is 0 Å². The van der Waals surface area contributed by atoms with E-state index in [2.05, 4.69) is 18.3 Å². The van der Waals surface area contributed by atoms with Crippen molar-refractivity contribution in [2.45, 2.75) is 25.3 Å². The average Bonchev–Trinajstić information content (AvgIpc) is 2.85. The van der Waals surface area contributed by atoms with Crippen LogP contribution in [0.25, 0.3) is 0 Å². The van der Waals surface area contributed by atoms with Gasteiger partial charge in [-0.25, -0.2) is 0 Å². The van der Waals surface area contributed by atoms with Gasteiger partial charge in [-0.1, -0.05) is 0 Å². The molecule has 4 heteroatoms. The van der Waals surface area contributed by atoms with Crippen molar-refractivity contribution < 1.29 is 9.47 Å². The Bertz CT molecular complexity index is 485. The highest BCUT2D eigenvalue weighted by Crippen LogP contribution is 2.38. The maximum atomic E-state index is 9.21. The van der Waals surface area contributed by atoms with Crippen LogP contribution in [0, 0.1) is 11.3 Å². The Morgan fingerprint density at radius 2 is 2.11 bits per heavy atom. The topological polar surface area (TPSA) is 54.3 Å². The van der Waals surface area contributed by atoms with Crippen LogP contribution < -0.4 is 14.8 Å². The van der Waals surface area contributed by atoms with E-state index >= 15 is 0 Å². The lowest BCUT2D eigenvalue weighted by Gasteiger charge is -2.26. The fraction of sp³-hybridized carbons (Fsp3) is 0.500. The summed E-state index contributed by atoms with van der Waals surface area (Å²) in [5, 5.41) is 12.7. The molecule has 1 heterocycles. The van der Waals surface area contributed by atoms with Gasteiger partial charge < -0.3 is 14.8 Å². The number of methoxy groups -OCH3 is 2. The Labute approximate surface area is 108 Å². The van der Waals surface area contributed by atoms with Crippen molar-refractivity contribution in [1.29, 1.82) is 5.26 Å². The SMILES string of the molecule is COc1cc(C2(C)CCCN2)cc(C#N)c1OC. The number of nitrogens with one attached hydrogen (secondary N) is 1. The van der Waals surface area contributed by atoms with E-state index < -0.39 is 0 Å². The number of nitriles is 1. The van der Waals surface area contributed by atoms with E-state index in [-0.39, 0.29) is 5.54 Å². The van der Waals surface area contributed by atoms with Gasteiger partial charge >= 0.3 is 0 Å². The van der Waals surface area contributed by atoms with Gasteiger partial charge in [-0.05, 0) is 44.0 Å². The molecule has 2 rings (SSSR count). The minimum atomic E-state index is -0.0782. The predicted octanol–water partition coefficient (Wildman–Crippen LogP) is 2.17. The number of nitrogens with zero attached hydrogens (tertiary/aromatic N) is 1. The summed E-state index contributed by atoms with van der Waals surface area (Å²) in [6.07, 6.45) is 2.21. The van der Waals surface area contributed by atoms with Gasteiger partial charge in [-0.2, -0.15) is 5.26 Å². The summed E-state index contributed by atoms with van der Waals surface area (Å²) in [5.41, 5.74) is 1.52. The van der Waals surface area contributed by atoms with Crippen LogP contribution in [0.3, 0.4) is 0 Å². The third-order valence-corrected chi connectivity index (χ3v) is 3.61. The van der Waals surface area contributed by atoms with Crippen LogP contribution >= 0.6 is 0 Å². The molecule has 96 valence electrons. The third kappa shape index (κ3) is 2.02. The van der Waals surface area contributed by atoms with Crippen LogP contribution in [0.2, 0.25) is 0 Å². The zero-order valence-corrected chi connectivity index (χ0v) is 11.0. The van der Waals surface area contributed by atoms with Crippen LogP contribution in [0.4, 0.5) is 0 Å². The summed E-state index contributed by atoms with van der Waals surface area (Å²) in [7, 11) is 3.14. The molecule has 1 aliphatic heterocycles. The quantitative estimate of drug-likeness (QED) is 0.888. The molecule has 1 atom stereocenters. The smallest absolute Gasteiger partial charge is 0.178 e. The Morgan fingerprint density at radius 3 is 2.61 bits per heavy atom. The fourth-order valence-corrected chi connectivity index (χ4v) is 2.51. The second kappa shape index (κ2) is 4.87. The second-order valence-electron chi connectivity index (χ2n) is 4.73. The summed E-state index contributed by atoms with van der Waals surface area (Å²) in [5.74, 6) is 1.12. The highest BCUT2D eigenvalue weighted by atomic mass is 16.5. The largest absolute Gasteiger partial charge is 0.493 e. The molecule has 1 aromatic rings. The summed E-state index contributed by atoms with van der Waals surface area (Å²) in [6.45, 7) is 3.16. The van der Waals surface area contributed by atoms with Crippen LogP contribution in [-0.4, -0.2) is 20.8 Å². The molecule has 18 heavy (non-hydrogen) atoms. The molecule has 0 aromatic heterocycles. The van der Waals surface area contributed by atoms with Crippen molar-refractivity contribution in [3.8, 4) is 17.6 Å². The molecule has 0 bridgehead atoms. The molecule has 1 aromatic carbocycles. The summed E-state index contributed by atoms with van der Waals surface area (Å²) >= 11 is 0. The highest BCUT2D eigenvalue weighted by molar-refractivity contribution is 5.56. The van der Waals surface area contributed by atoms with Gasteiger partial charge in [0.1, 0.15) is 6.07 Å². The molecule has 1 N–H and O–H groups in total. The minimum Gasteiger partial charge on any atom is -0.493 e. The lowest BCUT2D eigenvalue weighted by molar-refractivity contribution is 0.350. The minimum absolute atomic E-state index is 0.0782. The van der Waals surface area contributed by atoms with Crippen molar-refractivity contribution in [2.75, 3.05) is 20.8 Å².